The molecule has 0 bridgehead atoms. The number of amides is 1. The second-order valence-corrected chi connectivity index (χ2v) is 5.55. The van der Waals surface area contributed by atoms with E-state index in [-0.39, 0.29) is 11.3 Å². The maximum atomic E-state index is 11.6. The third-order valence-electron chi connectivity index (χ3n) is 2.41. The number of hydrogen-bond donors (Lipinski definition) is 1. The zero-order valence-electron chi connectivity index (χ0n) is 8.00. The zero-order valence-corrected chi connectivity index (χ0v) is 10.3. The molecular formula is C10H11Cl2NOS. The first-order chi connectivity index (χ1) is 7.18. The number of thiophene rings is 1. The Labute approximate surface area is 103 Å². The third kappa shape index (κ3) is 2.86. The summed E-state index contributed by atoms with van der Waals surface area (Å²) in [5.74, 6) is 0.465. The highest BCUT2D eigenvalue weighted by atomic mass is 35.5. The van der Waals surface area contributed by atoms with Crippen molar-refractivity contribution in [1.82, 2.24) is 5.32 Å². The van der Waals surface area contributed by atoms with Gasteiger partial charge in [0.1, 0.15) is 4.88 Å². The molecule has 15 heavy (non-hydrogen) atoms. The normalized spacial score (nSPS) is 17.5. The van der Waals surface area contributed by atoms with Gasteiger partial charge in [0.15, 0.2) is 0 Å². The van der Waals surface area contributed by atoms with Crippen LogP contribution in [-0.4, -0.2) is 17.8 Å². The Bertz CT molecular complexity index is 362. The first-order valence-corrected chi connectivity index (χ1v) is 6.53. The lowest BCUT2D eigenvalue weighted by atomic mass is 10.3. The number of hydrogen-bond acceptors (Lipinski definition) is 2. The van der Waals surface area contributed by atoms with Crippen LogP contribution in [0.2, 0.25) is 5.02 Å². The van der Waals surface area contributed by atoms with Gasteiger partial charge in [-0.05, 0) is 30.2 Å². The van der Waals surface area contributed by atoms with E-state index in [1.165, 1.54) is 24.2 Å². The first-order valence-electron chi connectivity index (χ1n) is 4.83. The predicted molar refractivity (Wildman–Crippen MR) is 64.0 cm³/mol. The van der Waals surface area contributed by atoms with Crippen LogP contribution in [0.15, 0.2) is 11.4 Å². The Morgan fingerprint density at radius 3 is 2.93 bits per heavy atom. The molecule has 1 amide bonds. The molecule has 1 heterocycles. The van der Waals surface area contributed by atoms with Crippen LogP contribution in [0.5, 0.6) is 0 Å². The fourth-order valence-corrected chi connectivity index (χ4v) is 2.74. The summed E-state index contributed by atoms with van der Waals surface area (Å²) in [6.07, 6.45) is 2.37. The molecule has 1 aromatic heterocycles. The van der Waals surface area contributed by atoms with Crippen LogP contribution in [-0.2, 0) is 0 Å². The molecule has 82 valence electrons. The smallest absolute Gasteiger partial charge is 0.262 e. The molecule has 2 nitrogen and oxygen atoms in total. The highest BCUT2D eigenvalue weighted by Crippen LogP contribution is 2.35. The van der Waals surface area contributed by atoms with Crippen LogP contribution in [0.1, 0.15) is 22.5 Å². The lowest BCUT2D eigenvalue weighted by Crippen LogP contribution is -2.30. The van der Waals surface area contributed by atoms with Crippen LogP contribution in [0.3, 0.4) is 0 Å². The second-order valence-electron chi connectivity index (χ2n) is 3.66. The summed E-state index contributed by atoms with van der Waals surface area (Å²) in [6.45, 7) is 0.527. The van der Waals surface area contributed by atoms with Crippen molar-refractivity contribution >= 4 is 40.4 Å². The van der Waals surface area contributed by atoms with Gasteiger partial charge in [0, 0.05) is 6.54 Å². The summed E-state index contributed by atoms with van der Waals surface area (Å²) in [4.78, 5) is 12.2. The standard InChI is InChI=1S/C10H11Cl2NOS/c11-7-3-4-15-9(7)10(14)13-5-8(12)6-1-2-6/h3-4,6,8H,1-2,5H2,(H,13,14). The molecule has 0 radical (unpaired) electrons. The molecule has 0 spiro atoms. The number of rotatable bonds is 4. The molecule has 1 atom stereocenters. The molecule has 0 saturated heterocycles. The molecule has 0 aromatic carbocycles. The van der Waals surface area contributed by atoms with Crippen LogP contribution >= 0.6 is 34.5 Å². The number of carbonyl (C=O) groups excluding carboxylic acids is 1. The summed E-state index contributed by atoms with van der Waals surface area (Å²) in [7, 11) is 0. The lowest BCUT2D eigenvalue weighted by Gasteiger charge is -2.08. The van der Waals surface area contributed by atoms with Gasteiger partial charge in [0.05, 0.1) is 10.4 Å². The van der Waals surface area contributed by atoms with E-state index < -0.39 is 0 Å². The van der Waals surface area contributed by atoms with Crippen molar-refractivity contribution in [1.29, 1.82) is 0 Å². The summed E-state index contributed by atoms with van der Waals surface area (Å²) in [6, 6.07) is 1.72. The Hall–Kier alpha value is -0.250. The summed E-state index contributed by atoms with van der Waals surface area (Å²) in [5.41, 5.74) is 0. The van der Waals surface area contributed by atoms with Gasteiger partial charge in [-0.3, -0.25) is 4.79 Å². The van der Waals surface area contributed by atoms with Gasteiger partial charge >= 0.3 is 0 Å². The molecule has 1 unspecified atom stereocenters. The van der Waals surface area contributed by atoms with E-state index in [2.05, 4.69) is 5.32 Å². The van der Waals surface area contributed by atoms with E-state index >= 15 is 0 Å². The first kappa shape index (κ1) is 11.2. The highest BCUT2D eigenvalue weighted by molar-refractivity contribution is 7.12. The summed E-state index contributed by atoms with van der Waals surface area (Å²) in [5, 5.41) is 5.18. The van der Waals surface area contributed by atoms with Crippen molar-refractivity contribution in [2.45, 2.75) is 18.2 Å². The van der Waals surface area contributed by atoms with Crippen molar-refractivity contribution in [3.05, 3.63) is 21.3 Å². The average Bonchev–Trinajstić information content (AvgIpc) is 2.98. The Morgan fingerprint density at radius 1 is 1.67 bits per heavy atom. The van der Waals surface area contributed by atoms with Crippen molar-refractivity contribution in [3.63, 3.8) is 0 Å². The van der Waals surface area contributed by atoms with Crippen molar-refractivity contribution in [3.8, 4) is 0 Å². The van der Waals surface area contributed by atoms with Crippen molar-refractivity contribution in [2.75, 3.05) is 6.54 Å². The third-order valence-corrected chi connectivity index (χ3v) is 4.27. The Morgan fingerprint density at radius 2 is 2.40 bits per heavy atom. The number of alkyl halides is 1. The van der Waals surface area contributed by atoms with Gasteiger partial charge in [0.2, 0.25) is 0 Å². The molecule has 1 aliphatic rings. The highest BCUT2D eigenvalue weighted by Gasteiger charge is 2.29. The van der Waals surface area contributed by atoms with Gasteiger partial charge in [-0.15, -0.1) is 22.9 Å². The van der Waals surface area contributed by atoms with E-state index in [4.69, 9.17) is 23.2 Å². The maximum absolute atomic E-state index is 11.6. The molecular weight excluding hydrogens is 253 g/mol. The maximum Gasteiger partial charge on any atom is 0.262 e. The van der Waals surface area contributed by atoms with Crippen LogP contribution in [0, 0.1) is 5.92 Å². The average molecular weight is 264 g/mol. The quantitative estimate of drug-likeness (QED) is 0.831. The minimum absolute atomic E-state index is 0.0627. The molecule has 1 aliphatic carbocycles. The largest absolute Gasteiger partial charge is 0.350 e. The Balaban J connectivity index is 1.84. The number of nitrogens with one attached hydrogen (secondary N) is 1. The van der Waals surface area contributed by atoms with Crippen LogP contribution in [0.4, 0.5) is 0 Å². The van der Waals surface area contributed by atoms with Gasteiger partial charge in [-0.1, -0.05) is 11.6 Å². The fourth-order valence-electron chi connectivity index (χ4n) is 1.35. The number of carbonyl (C=O) groups is 1. The van der Waals surface area contributed by atoms with Gasteiger partial charge in [-0.25, -0.2) is 0 Å². The summed E-state index contributed by atoms with van der Waals surface area (Å²) >= 11 is 13.3. The fraction of sp³-hybridized carbons (Fsp3) is 0.500. The Kier molecular flexibility index (Phi) is 3.54. The van der Waals surface area contributed by atoms with Crippen molar-refractivity contribution < 1.29 is 4.79 Å². The molecule has 1 N–H and O–H groups in total. The molecule has 1 aromatic rings. The lowest BCUT2D eigenvalue weighted by molar-refractivity contribution is 0.0957. The van der Waals surface area contributed by atoms with Crippen LogP contribution < -0.4 is 5.32 Å². The van der Waals surface area contributed by atoms with E-state index in [1.807, 2.05) is 0 Å². The predicted octanol–water partition coefficient (Wildman–Crippen LogP) is 3.15. The van der Waals surface area contributed by atoms with Crippen molar-refractivity contribution in [2.24, 2.45) is 5.92 Å². The monoisotopic (exact) mass is 263 g/mol. The molecule has 1 saturated carbocycles. The molecule has 2 rings (SSSR count). The minimum atomic E-state index is -0.124. The van der Waals surface area contributed by atoms with Crippen LogP contribution in [0.25, 0.3) is 0 Å². The van der Waals surface area contributed by atoms with E-state index in [1.54, 1.807) is 11.4 Å². The second kappa shape index (κ2) is 4.73. The van der Waals surface area contributed by atoms with E-state index in [0.717, 1.165) is 0 Å². The van der Waals surface area contributed by atoms with E-state index in [9.17, 15) is 4.79 Å². The zero-order chi connectivity index (χ0) is 10.8. The number of halogens is 2. The van der Waals surface area contributed by atoms with Gasteiger partial charge in [0.25, 0.3) is 5.91 Å². The van der Waals surface area contributed by atoms with Gasteiger partial charge in [-0.2, -0.15) is 0 Å². The minimum Gasteiger partial charge on any atom is -0.350 e. The SMILES string of the molecule is O=C(NCC(Cl)C1CC1)c1sccc1Cl. The molecule has 0 aliphatic heterocycles. The molecule has 5 heteroatoms. The van der Waals surface area contributed by atoms with Gasteiger partial charge < -0.3 is 5.32 Å². The molecule has 1 fully saturated rings. The summed E-state index contributed by atoms with van der Waals surface area (Å²) < 4.78 is 0. The topological polar surface area (TPSA) is 29.1 Å². The van der Waals surface area contributed by atoms with E-state index in [0.29, 0.717) is 22.4 Å².